The molecule has 4 aliphatic rings. The summed E-state index contributed by atoms with van der Waals surface area (Å²) in [5.41, 5.74) is 1.90. The molecule has 2 aromatic rings. The highest BCUT2D eigenvalue weighted by Gasteiger charge is 2.44. The first-order chi connectivity index (χ1) is 15.2. The number of anilines is 1. The lowest BCUT2D eigenvalue weighted by molar-refractivity contribution is -0.120. The quantitative estimate of drug-likeness (QED) is 0.787. The Hall–Kier alpha value is -2.45. The Labute approximate surface area is 181 Å². The van der Waals surface area contributed by atoms with Crippen molar-refractivity contribution < 1.29 is 9.59 Å². The topological polar surface area (TPSA) is 82.5 Å². The van der Waals surface area contributed by atoms with Gasteiger partial charge in [-0.25, -0.2) is 4.79 Å². The van der Waals surface area contributed by atoms with Gasteiger partial charge in [-0.1, -0.05) is 6.07 Å². The number of nitrogens with one attached hydrogen (secondary N) is 2. The molecule has 1 saturated carbocycles. The van der Waals surface area contributed by atoms with E-state index in [-0.39, 0.29) is 11.9 Å². The molecule has 0 spiro atoms. The first-order valence-electron chi connectivity index (χ1n) is 11.7. The van der Waals surface area contributed by atoms with Crippen LogP contribution in [0.4, 0.5) is 10.5 Å². The summed E-state index contributed by atoms with van der Waals surface area (Å²) in [6.07, 6.45) is 5.86. The van der Waals surface area contributed by atoms with E-state index in [2.05, 4.69) is 26.3 Å². The van der Waals surface area contributed by atoms with Crippen molar-refractivity contribution in [2.45, 2.75) is 31.7 Å². The monoisotopic (exact) mass is 422 g/mol. The SMILES string of the molecule is O=C1CCN(c2cccc3c2cnn3C2CCN(CC3C4CNCC3C4)CC2)C(=O)N1. The minimum Gasteiger partial charge on any atom is -0.316 e. The van der Waals surface area contributed by atoms with Crippen LogP contribution in [0.2, 0.25) is 0 Å². The van der Waals surface area contributed by atoms with Crippen LogP contribution in [-0.4, -0.2) is 65.9 Å². The molecule has 164 valence electrons. The molecule has 3 amide bonds. The number of rotatable bonds is 4. The van der Waals surface area contributed by atoms with Crippen molar-refractivity contribution in [3.63, 3.8) is 0 Å². The number of aromatic nitrogens is 2. The molecule has 31 heavy (non-hydrogen) atoms. The number of urea groups is 1. The first-order valence-corrected chi connectivity index (χ1v) is 11.7. The lowest BCUT2D eigenvalue weighted by Crippen LogP contribution is -2.57. The van der Waals surface area contributed by atoms with E-state index >= 15 is 0 Å². The number of hydrogen-bond donors (Lipinski definition) is 2. The van der Waals surface area contributed by atoms with Crippen molar-refractivity contribution in [2.24, 2.45) is 17.8 Å². The van der Waals surface area contributed by atoms with Crippen LogP contribution in [0.25, 0.3) is 10.9 Å². The fourth-order valence-electron chi connectivity index (χ4n) is 6.17. The van der Waals surface area contributed by atoms with Gasteiger partial charge in [-0.3, -0.25) is 19.7 Å². The largest absolute Gasteiger partial charge is 0.328 e. The number of carbonyl (C=O) groups excluding carboxylic acids is 2. The molecule has 4 fully saturated rings. The van der Waals surface area contributed by atoms with Crippen LogP contribution in [0.1, 0.15) is 31.7 Å². The Balaban J connectivity index is 1.16. The lowest BCUT2D eigenvalue weighted by atomic mass is 9.62. The fraction of sp³-hybridized carbons (Fsp3) is 0.609. The van der Waals surface area contributed by atoms with Gasteiger partial charge in [0.25, 0.3) is 0 Å². The normalized spacial score (nSPS) is 29.8. The fourth-order valence-corrected chi connectivity index (χ4v) is 6.17. The van der Waals surface area contributed by atoms with E-state index in [1.54, 1.807) is 4.90 Å². The summed E-state index contributed by atoms with van der Waals surface area (Å²) < 4.78 is 2.16. The van der Waals surface area contributed by atoms with Crippen LogP contribution < -0.4 is 15.5 Å². The number of piperidine rings is 3. The molecule has 2 N–H and O–H groups in total. The smallest absolute Gasteiger partial charge is 0.316 e. The maximum Gasteiger partial charge on any atom is 0.328 e. The molecule has 1 aromatic carbocycles. The van der Waals surface area contributed by atoms with E-state index < -0.39 is 0 Å². The van der Waals surface area contributed by atoms with Gasteiger partial charge in [0.1, 0.15) is 0 Å². The number of hydrogen-bond acceptors (Lipinski definition) is 5. The van der Waals surface area contributed by atoms with E-state index in [0.717, 1.165) is 60.3 Å². The highest BCUT2D eigenvalue weighted by atomic mass is 16.2. The van der Waals surface area contributed by atoms with Crippen LogP contribution in [0.5, 0.6) is 0 Å². The van der Waals surface area contributed by atoms with Crippen molar-refractivity contribution in [1.29, 1.82) is 0 Å². The predicted octanol–water partition coefficient (Wildman–Crippen LogP) is 1.97. The lowest BCUT2D eigenvalue weighted by Gasteiger charge is -2.52. The van der Waals surface area contributed by atoms with Gasteiger partial charge in [0.15, 0.2) is 0 Å². The van der Waals surface area contributed by atoms with Gasteiger partial charge in [-0.2, -0.15) is 5.10 Å². The van der Waals surface area contributed by atoms with E-state index in [0.29, 0.717) is 19.0 Å². The van der Waals surface area contributed by atoms with Gasteiger partial charge < -0.3 is 10.2 Å². The second-order valence-corrected chi connectivity index (χ2v) is 9.66. The van der Waals surface area contributed by atoms with Crippen LogP contribution in [0.15, 0.2) is 24.4 Å². The molecular formula is C23H30N6O2. The summed E-state index contributed by atoms with van der Waals surface area (Å²) in [5, 5.41) is 11.7. The maximum absolute atomic E-state index is 12.3. The van der Waals surface area contributed by atoms with E-state index in [4.69, 9.17) is 5.10 Å². The molecule has 2 unspecified atom stereocenters. The van der Waals surface area contributed by atoms with Gasteiger partial charge >= 0.3 is 6.03 Å². The average molecular weight is 423 g/mol. The second-order valence-electron chi connectivity index (χ2n) is 9.66. The molecule has 2 bridgehead atoms. The van der Waals surface area contributed by atoms with Crippen molar-refractivity contribution in [2.75, 3.05) is 44.2 Å². The first kappa shape index (κ1) is 19.3. The number of imide groups is 1. The third kappa shape index (κ3) is 3.32. The van der Waals surface area contributed by atoms with Gasteiger partial charge in [-0.15, -0.1) is 0 Å². The highest BCUT2D eigenvalue weighted by Crippen LogP contribution is 2.43. The van der Waals surface area contributed by atoms with Crippen molar-refractivity contribution in [3.8, 4) is 0 Å². The summed E-state index contributed by atoms with van der Waals surface area (Å²) in [5.74, 6) is 2.48. The summed E-state index contributed by atoms with van der Waals surface area (Å²) in [4.78, 5) is 28.2. The minimum atomic E-state index is -0.347. The van der Waals surface area contributed by atoms with Gasteiger partial charge in [0, 0.05) is 38.0 Å². The second kappa shape index (κ2) is 7.60. The van der Waals surface area contributed by atoms with Crippen molar-refractivity contribution >= 4 is 28.5 Å². The highest BCUT2D eigenvalue weighted by molar-refractivity contribution is 6.09. The molecule has 3 aliphatic heterocycles. The Morgan fingerprint density at radius 2 is 1.87 bits per heavy atom. The molecule has 0 radical (unpaired) electrons. The average Bonchev–Trinajstić information content (AvgIpc) is 3.23. The molecule has 1 aromatic heterocycles. The molecule has 3 saturated heterocycles. The van der Waals surface area contributed by atoms with Gasteiger partial charge in [0.2, 0.25) is 5.91 Å². The number of likely N-dealkylation sites (tertiary alicyclic amines) is 1. The standard InChI is InChI=1S/C23H30N6O2/c30-22-6-9-28(23(31)26-22)20-2-1-3-21-18(20)13-25-29(21)17-4-7-27(8-5-17)14-19-15-10-16(19)12-24-11-15/h1-3,13,15-17,19,24H,4-12,14H2,(H,26,30,31). The zero-order valence-corrected chi connectivity index (χ0v) is 17.8. The molecule has 8 heteroatoms. The number of benzene rings is 1. The van der Waals surface area contributed by atoms with Crippen LogP contribution in [0, 0.1) is 17.8 Å². The summed E-state index contributed by atoms with van der Waals surface area (Å²) in [7, 11) is 0. The minimum absolute atomic E-state index is 0.210. The predicted molar refractivity (Wildman–Crippen MR) is 118 cm³/mol. The van der Waals surface area contributed by atoms with E-state index in [9.17, 15) is 9.59 Å². The summed E-state index contributed by atoms with van der Waals surface area (Å²) in [6.45, 7) is 6.35. The molecular weight excluding hydrogens is 392 g/mol. The zero-order valence-electron chi connectivity index (χ0n) is 17.8. The third-order valence-corrected chi connectivity index (χ3v) is 7.96. The Kier molecular flexibility index (Phi) is 4.72. The third-order valence-electron chi connectivity index (χ3n) is 7.96. The van der Waals surface area contributed by atoms with Gasteiger partial charge in [-0.05, 0) is 62.2 Å². The number of nitrogens with zero attached hydrogens (tertiary/aromatic N) is 4. The molecule has 2 atom stereocenters. The molecule has 4 heterocycles. The van der Waals surface area contributed by atoms with Crippen LogP contribution in [-0.2, 0) is 4.79 Å². The van der Waals surface area contributed by atoms with E-state index in [1.807, 2.05) is 18.3 Å². The molecule has 6 rings (SSSR count). The van der Waals surface area contributed by atoms with Crippen LogP contribution in [0.3, 0.4) is 0 Å². The zero-order chi connectivity index (χ0) is 20.9. The van der Waals surface area contributed by atoms with Gasteiger partial charge in [0.05, 0.1) is 23.4 Å². The molecule has 1 aliphatic carbocycles. The Morgan fingerprint density at radius 1 is 1.06 bits per heavy atom. The molecule has 8 nitrogen and oxygen atoms in total. The number of fused-ring (bicyclic) bond motifs is 3. The van der Waals surface area contributed by atoms with Crippen molar-refractivity contribution in [3.05, 3.63) is 24.4 Å². The van der Waals surface area contributed by atoms with Crippen molar-refractivity contribution in [1.82, 2.24) is 25.3 Å². The van der Waals surface area contributed by atoms with Crippen LogP contribution >= 0.6 is 0 Å². The Bertz CT molecular complexity index is 997. The number of carbonyl (C=O) groups is 2. The summed E-state index contributed by atoms with van der Waals surface area (Å²) in [6, 6.07) is 6.06. The summed E-state index contributed by atoms with van der Waals surface area (Å²) >= 11 is 0. The van der Waals surface area contributed by atoms with E-state index in [1.165, 1.54) is 26.1 Å². The number of amides is 3. The maximum atomic E-state index is 12.3. The Morgan fingerprint density at radius 3 is 2.61 bits per heavy atom.